The fourth-order valence-corrected chi connectivity index (χ4v) is 2.87. The Bertz CT molecular complexity index is 700. The standard InChI is InChI=1S/C17H21ClN4O3/c1-2-24-17(23)22-9-7-21(8-10-22)12-25-16-4-3-13(11-14(16)18)15-5-6-19-20-15/h3-6,11H,2,7-10,12H2,1H3,(H,19,20). The highest BCUT2D eigenvalue weighted by molar-refractivity contribution is 6.32. The van der Waals surface area contributed by atoms with E-state index in [0.717, 1.165) is 24.3 Å². The van der Waals surface area contributed by atoms with Crippen molar-refractivity contribution in [3.8, 4) is 17.0 Å². The van der Waals surface area contributed by atoms with Crippen molar-refractivity contribution in [1.82, 2.24) is 20.0 Å². The van der Waals surface area contributed by atoms with Gasteiger partial charge < -0.3 is 14.4 Å². The predicted octanol–water partition coefficient (Wildman–Crippen LogP) is 2.84. The van der Waals surface area contributed by atoms with Crippen molar-refractivity contribution in [2.45, 2.75) is 6.92 Å². The Balaban J connectivity index is 1.50. The Morgan fingerprint density at radius 3 is 2.72 bits per heavy atom. The Hall–Kier alpha value is -2.25. The highest BCUT2D eigenvalue weighted by Crippen LogP contribution is 2.29. The Labute approximate surface area is 151 Å². The summed E-state index contributed by atoms with van der Waals surface area (Å²) in [6.07, 6.45) is 1.45. The molecular formula is C17H21ClN4O3. The minimum Gasteiger partial charge on any atom is -0.477 e. The van der Waals surface area contributed by atoms with Crippen molar-refractivity contribution in [1.29, 1.82) is 0 Å². The summed E-state index contributed by atoms with van der Waals surface area (Å²) in [5.41, 5.74) is 1.86. The summed E-state index contributed by atoms with van der Waals surface area (Å²) in [5.74, 6) is 0.637. The number of H-pyrrole nitrogens is 1. The van der Waals surface area contributed by atoms with Crippen molar-refractivity contribution in [2.75, 3.05) is 39.5 Å². The molecule has 1 aliphatic heterocycles. The second kappa shape index (κ2) is 8.22. The summed E-state index contributed by atoms with van der Waals surface area (Å²) in [7, 11) is 0. The van der Waals surface area contributed by atoms with E-state index >= 15 is 0 Å². The van der Waals surface area contributed by atoms with Crippen molar-refractivity contribution >= 4 is 17.7 Å². The lowest BCUT2D eigenvalue weighted by Crippen LogP contribution is -2.49. The number of piperazine rings is 1. The molecule has 0 bridgehead atoms. The molecule has 1 N–H and O–H groups in total. The second-order valence-electron chi connectivity index (χ2n) is 5.69. The van der Waals surface area contributed by atoms with Crippen molar-refractivity contribution in [2.24, 2.45) is 0 Å². The van der Waals surface area contributed by atoms with Crippen LogP contribution in [-0.4, -0.2) is 65.6 Å². The first-order valence-corrected chi connectivity index (χ1v) is 8.61. The van der Waals surface area contributed by atoms with Gasteiger partial charge in [-0.3, -0.25) is 10.00 Å². The van der Waals surface area contributed by atoms with E-state index in [9.17, 15) is 4.79 Å². The third kappa shape index (κ3) is 4.43. The maximum Gasteiger partial charge on any atom is 0.409 e. The normalized spacial score (nSPS) is 15.2. The van der Waals surface area contributed by atoms with Gasteiger partial charge in [0.2, 0.25) is 0 Å². The molecule has 3 rings (SSSR count). The van der Waals surface area contributed by atoms with Gasteiger partial charge >= 0.3 is 6.09 Å². The molecule has 0 atom stereocenters. The molecule has 134 valence electrons. The highest BCUT2D eigenvalue weighted by Gasteiger charge is 2.22. The minimum absolute atomic E-state index is 0.250. The van der Waals surface area contributed by atoms with Gasteiger partial charge in [0.25, 0.3) is 0 Å². The maximum absolute atomic E-state index is 11.7. The maximum atomic E-state index is 11.7. The first-order valence-electron chi connectivity index (χ1n) is 8.23. The van der Waals surface area contributed by atoms with Crippen molar-refractivity contribution in [3.05, 3.63) is 35.5 Å². The van der Waals surface area contributed by atoms with Crippen molar-refractivity contribution < 1.29 is 14.3 Å². The summed E-state index contributed by atoms with van der Waals surface area (Å²) in [6.45, 7) is 5.38. The van der Waals surface area contributed by atoms with E-state index in [2.05, 4.69) is 15.1 Å². The van der Waals surface area contributed by atoms with Gasteiger partial charge in [-0.05, 0) is 31.2 Å². The average Bonchev–Trinajstić information content (AvgIpc) is 3.16. The van der Waals surface area contributed by atoms with E-state index in [1.54, 1.807) is 11.1 Å². The minimum atomic E-state index is -0.250. The lowest BCUT2D eigenvalue weighted by molar-refractivity contribution is 0.0516. The van der Waals surface area contributed by atoms with Gasteiger partial charge in [0, 0.05) is 37.9 Å². The van der Waals surface area contributed by atoms with Gasteiger partial charge in [-0.15, -0.1) is 0 Å². The van der Waals surface area contributed by atoms with Crippen LogP contribution in [0.1, 0.15) is 6.92 Å². The molecule has 0 spiro atoms. The summed E-state index contributed by atoms with van der Waals surface area (Å²) in [6, 6.07) is 7.53. The quantitative estimate of drug-likeness (QED) is 0.883. The topological polar surface area (TPSA) is 70.7 Å². The number of carbonyl (C=O) groups excluding carboxylic acids is 1. The van der Waals surface area contributed by atoms with Crippen LogP contribution in [0.25, 0.3) is 11.3 Å². The Morgan fingerprint density at radius 2 is 2.08 bits per heavy atom. The molecule has 2 aromatic rings. The zero-order valence-electron chi connectivity index (χ0n) is 14.1. The van der Waals surface area contributed by atoms with E-state index in [1.165, 1.54) is 0 Å². The van der Waals surface area contributed by atoms with Crippen LogP contribution in [0, 0.1) is 0 Å². The summed E-state index contributed by atoms with van der Waals surface area (Å²) < 4.78 is 10.8. The first-order chi connectivity index (χ1) is 12.2. The molecule has 0 unspecified atom stereocenters. The van der Waals surface area contributed by atoms with Crippen LogP contribution in [-0.2, 0) is 4.74 Å². The molecule has 25 heavy (non-hydrogen) atoms. The van der Waals surface area contributed by atoms with E-state index in [-0.39, 0.29) is 6.09 Å². The number of benzene rings is 1. The van der Waals surface area contributed by atoms with Crippen LogP contribution < -0.4 is 4.74 Å². The van der Waals surface area contributed by atoms with E-state index in [0.29, 0.717) is 37.2 Å². The molecule has 8 heteroatoms. The zero-order valence-corrected chi connectivity index (χ0v) is 14.8. The summed E-state index contributed by atoms with van der Waals surface area (Å²) >= 11 is 6.32. The molecule has 1 aliphatic rings. The number of amides is 1. The van der Waals surface area contributed by atoms with Gasteiger partial charge in [-0.1, -0.05) is 11.6 Å². The Morgan fingerprint density at radius 1 is 1.28 bits per heavy atom. The fraction of sp³-hybridized carbons (Fsp3) is 0.412. The summed E-state index contributed by atoms with van der Waals surface area (Å²) in [5, 5.41) is 7.39. The van der Waals surface area contributed by atoms with Gasteiger partial charge in [0.05, 0.1) is 17.3 Å². The van der Waals surface area contributed by atoms with E-state index in [4.69, 9.17) is 21.1 Å². The van der Waals surface area contributed by atoms with Crippen LogP contribution in [0.5, 0.6) is 5.75 Å². The molecular weight excluding hydrogens is 344 g/mol. The number of ether oxygens (including phenoxy) is 2. The number of hydrogen-bond acceptors (Lipinski definition) is 5. The Kier molecular flexibility index (Phi) is 5.78. The number of hydrogen-bond donors (Lipinski definition) is 1. The molecule has 2 heterocycles. The SMILES string of the molecule is CCOC(=O)N1CCN(COc2ccc(-c3ccn[nH]3)cc2Cl)CC1. The number of halogens is 1. The van der Waals surface area contributed by atoms with Gasteiger partial charge in [-0.2, -0.15) is 5.10 Å². The monoisotopic (exact) mass is 364 g/mol. The molecule has 1 aromatic heterocycles. The first kappa shape index (κ1) is 17.6. The average molecular weight is 365 g/mol. The van der Waals surface area contributed by atoms with Crippen LogP contribution in [0.15, 0.2) is 30.5 Å². The molecule has 1 fully saturated rings. The second-order valence-corrected chi connectivity index (χ2v) is 6.10. The molecule has 0 aliphatic carbocycles. The van der Waals surface area contributed by atoms with Crippen LogP contribution in [0.2, 0.25) is 5.02 Å². The van der Waals surface area contributed by atoms with Crippen molar-refractivity contribution in [3.63, 3.8) is 0 Å². The number of carbonyl (C=O) groups is 1. The highest BCUT2D eigenvalue weighted by atomic mass is 35.5. The molecule has 1 aromatic carbocycles. The third-order valence-electron chi connectivity index (χ3n) is 4.04. The fourth-order valence-electron chi connectivity index (χ4n) is 2.64. The lowest BCUT2D eigenvalue weighted by atomic mass is 10.1. The number of aromatic nitrogens is 2. The summed E-state index contributed by atoms with van der Waals surface area (Å²) in [4.78, 5) is 15.5. The number of rotatable bonds is 5. The smallest absolute Gasteiger partial charge is 0.409 e. The van der Waals surface area contributed by atoms with Crippen LogP contribution >= 0.6 is 11.6 Å². The predicted molar refractivity (Wildman–Crippen MR) is 94.7 cm³/mol. The van der Waals surface area contributed by atoms with Crippen LogP contribution in [0.3, 0.4) is 0 Å². The third-order valence-corrected chi connectivity index (χ3v) is 4.34. The largest absolute Gasteiger partial charge is 0.477 e. The van der Waals surface area contributed by atoms with Gasteiger partial charge in [0.15, 0.2) is 0 Å². The molecule has 0 radical (unpaired) electrons. The van der Waals surface area contributed by atoms with Crippen LogP contribution in [0.4, 0.5) is 4.79 Å². The number of nitrogens with one attached hydrogen (secondary N) is 1. The number of nitrogens with zero attached hydrogens (tertiary/aromatic N) is 3. The molecule has 0 saturated carbocycles. The molecule has 7 nitrogen and oxygen atoms in total. The van der Waals surface area contributed by atoms with Gasteiger partial charge in [0.1, 0.15) is 12.5 Å². The van der Waals surface area contributed by atoms with E-state index < -0.39 is 0 Å². The zero-order chi connectivity index (χ0) is 17.6. The molecule has 1 saturated heterocycles. The molecule has 1 amide bonds. The lowest BCUT2D eigenvalue weighted by Gasteiger charge is -2.33. The van der Waals surface area contributed by atoms with E-state index in [1.807, 2.05) is 31.2 Å². The number of aromatic amines is 1. The van der Waals surface area contributed by atoms with Gasteiger partial charge in [-0.25, -0.2) is 4.79 Å².